The van der Waals surface area contributed by atoms with E-state index in [2.05, 4.69) is 81.4 Å². The van der Waals surface area contributed by atoms with E-state index in [4.69, 9.17) is 23.4 Å². The third-order valence-electron chi connectivity index (χ3n) is 6.50. The molecule has 3 atom stereocenters. The highest BCUT2D eigenvalue weighted by Crippen LogP contribution is 2.39. The smallest absolute Gasteiger partial charge is 0.261 e. The topological polar surface area (TPSA) is 46.2 Å². The molecule has 6 heteroatoms. The summed E-state index contributed by atoms with van der Waals surface area (Å²) in [4.78, 5) is 0. The minimum absolute atomic E-state index is 0.102. The van der Waals surface area contributed by atoms with Gasteiger partial charge in [-0.05, 0) is 43.1 Å². The summed E-state index contributed by atoms with van der Waals surface area (Å²) in [6, 6.07) is 21.3. The summed E-state index contributed by atoms with van der Waals surface area (Å²) in [7, 11) is -2.67. The average Bonchev–Trinajstić information content (AvgIpc) is 3.27. The molecule has 0 radical (unpaired) electrons. The van der Waals surface area contributed by atoms with Crippen molar-refractivity contribution in [3.05, 3.63) is 60.7 Å². The Kier molecular flexibility index (Phi) is 6.64. The Hall–Kier alpha value is -1.54. The minimum Gasteiger partial charge on any atom is -0.405 e. The third-order valence-corrected chi connectivity index (χ3v) is 11.5. The number of ether oxygens (including phenoxy) is 4. The second kappa shape index (κ2) is 8.91. The fourth-order valence-electron chi connectivity index (χ4n) is 5.15. The van der Waals surface area contributed by atoms with E-state index in [0.717, 1.165) is 0 Å². The predicted octanol–water partition coefficient (Wildman–Crippen LogP) is 4.23. The molecule has 33 heavy (non-hydrogen) atoms. The fraction of sp³-hybridized carbons (Fsp3) is 0.556. The van der Waals surface area contributed by atoms with Gasteiger partial charge in [-0.2, -0.15) is 0 Å². The first-order valence-electron chi connectivity index (χ1n) is 11.9. The van der Waals surface area contributed by atoms with E-state index in [1.165, 1.54) is 10.4 Å². The van der Waals surface area contributed by atoms with Gasteiger partial charge >= 0.3 is 0 Å². The van der Waals surface area contributed by atoms with Crippen LogP contribution < -0.4 is 10.4 Å². The zero-order chi connectivity index (χ0) is 23.9. The lowest BCUT2D eigenvalue weighted by atomic mass is 10.1. The molecule has 0 spiro atoms. The Labute approximate surface area is 199 Å². The molecule has 0 bridgehead atoms. The molecule has 2 aliphatic rings. The van der Waals surface area contributed by atoms with Crippen LogP contribution in [0.3, 0.4) is 0 Å². The molecule has 4 rings (SSSR count). The van der Waals surface area contributed by atoms with Crippen LogP contribution in [-0.2, 0) is 23.4 Å². The average molecular weight is 471 g/mol. The molecule has 0 aliphatic carbocycles. The molecule has 0 saturated carbocycles. The maximum atomic E-state index is 7.12. The highest BCUT2D eigenvalue weighted by molar-refractivity contribution is 6.99. The van der Waals surface area contributed by atoms with E-state index in [1.807, 2.05) is 27.7 Å². The second-order valence-corrected chi connectivity index (χ2v) is 15.3. The van der Waals surface area contributed by atoms with E-state index in [9.17, 15) is 0 Å². The summed E-state index contributed by atoms with van der Waals surface area (Å²) in [5, 5.41) is 2.40. The van der Waals surface area contributed by atoms with Gasteiger partial charge in [0.2, 0.25) is 0 Å². The molecule has 0 amide bonds. The summed E-state index contributed by atoms with van der Waals surface area (Å²) in [6.45, 7) is 15.5. The predicted molar refractivity (Wildman–Crippen MR) is 132 cm³/mol. The summed E-state index contributed by atoms with van der Waals surface area (Å²) >= 11 is 0. The van der Waals surface area contributed by atoms with Crippen LogP contribution in [0.25, 0.3) is 0 Å². The van der Waals surface area contributed by atoms with Crippen molar-refractivity contribution in [3.63, 3.8) is 0 Å². The lowest BCUT2D eigenvalue weighted by Gasteiger charge is -2.43. The Bertz CT molecular complexity index is 883. The summed E-state index contributed by atoms with van der Waals surface area (Å²) in [6.07, 6.45) is -0.723. The maximum Gasteiger partial charge on any atom is 0.261 e. The van der Waals surface area contributed by atoms with E-state index >= 15 is 0 Å². The quantitative estimate of drug-likeness (QED) is 0.591. The van der Waals surface area contributed by atoms with Gasteiger partial charge in [-0.3, -0.25) is 0 Å². The van der Waals surface area contributed by atoms with Crippen molar-refractivity contribution in [1.82, 2.24) is 0 Å². The molecule has 2 heterocycles. The van der Waals surface area contributed by atoms with Crippen molar-refractivity contribution >= 4 is 18.7 Å². The third kappa shape index (κ3) is 4.97. The van der Waals surface area contributed by atoms with Crippen LogP contribution in [0.2, 0.25) is 5.04 Å². The van der Waals surface area contributed by atoms with Crippen molar-refractivity contribution in [1.29, 1.82) is 0 Å². The monoisotopic (exact) mass is 470 g/mol. The maximum absolute atomic E-state index is 7.12. The highest BCUT2D eigenvalue weighted by Gasteiger charge is 2.54. The second-order valence-electron chi connectivity index (χ2n) is 11.0. The molecule has 0 unspecified atom stereocenters. The Morgan fingerprint density at radius 2 is 1.36 bits per heavy atom. The van der Waals surface area contributed by atoms with E-state index in [0.29, 0.717) is 13.2 Å². The van der Waals surface area contributed by atoms with Crippen LogP contribution in [0, 0.1) is 0 Å². The molecule has 2 aromatic carbocycles. The minimum atomic E-state index is -2.67. The molecule has 2 aromatic rings. The largest absolute Gasteiger partial charge is 0.405 e. The van der Waals surface area contributed by atoms with Crippen LogP contribution in [0.4, 0.5) is 0 Å². The first-order chi connectivity index (χ1) is 15.4. The number of hydrogen-bond donors (Lipinski definition) is 0. The lowest BCUT2D eigenvalue weighted by Crippen LogP contribution is -2.67. The summed E-state index contributed by atoms with van der Waals surface area (Å²) < 4.78 is 31.8. The Morgan fingerprint density at radius 3 is 1.82 bits per heavy atom. The van der Waals surface area contributed by atoms with Gasteiger partial charge in [0, 0.05) is 0 Å². The molecular weight excluding hydrogens is 432 g/mol. The van der Waals surface area contributed by atoms with Crippen LogP contribution >= 0.6 is 0 Å². The first kappa shape index (κ1) is 24.6. The van der Waals surface area contributed by atoms with Crippen LogP contribution in [0.1, 0.15) is 48.5 Å². The van der Waals surface area contributed by atoms with E-state index in [1.54, 1.807) is 0 Å². The van der Waals surface area contributed by atoms with Crippen molar-refractivity contribution < 1.29 is 23.4 Å². The van der Waals surface area contributed by atoms with Crippen molar-refractivity contribution in [2.24, 2.45) is 0 Å². The van der Waals surface area contributed by atoms with Gasteiger partial charge in [0.05, 0.1) is 13.2 Å². The number of rotatable bonds is 6. The van der Waals surface area contributed by atoms with Gasteiger partial charge in [0.1, 0.15) is 18.3 Å². The molecule has 180 valence electrons. The SMILES string of the molecule is CC1(C)OC[C@H]([C@H]2OC(C)(C)O[C@@H]2CO[Si](c2ccccc2)(c2ccccc2)C(C)(C)C)O1. The van der Waals surface area contributed by atoms with Gasteiger partial charge in [-0.25, -0.2) is 0 Å². The zero-order valence-electron chi connectivity index (χ0n) is 21.0. The van der Waals surface area contributed by atoms with Crippen LogP contribution in [0.15, 0.2) is 60.7 Å². The normalized spacial score (nSPS) is 27.1. The zero-order valence-corrected chi connectivity index (χ0v) is 22.0. The standard InChI is InChI=1S/C27H38O5Si/c1-25(2,3)33(20-14-10-8-11-15-20,21-16-12-9-13-17-21)29-19-23-24(32-27(6,7)31-23)22-18-28-26(4,5)30-22/h8-17,22-24H,18-19H2,1-7H3/t22-,23-,24-/m1/s1. The number of benzene rings is 2. The van der Waals surface area contributed by atoms with Crippen molar-refractivity contribution in [2.45, 2.75) is 83.4 Å². The summed E-state index contributed by atoms with van der Waals surface area (Å²) in [5.74, 6) is -1.33. The van der Waals surface area contributed by atoms with E-state index in [-0.39, 0.29) is 23.4 Å². The van der Waals surface area contributed by atoms with Gasteiger partial charge in [0.15, 0.2) is 11.6 Å². The fourth-order valence-corrected chi connectivity index (χ4v) is 9.72. The molecular formula is C27H38O5Si. The lowest BCUT2D eigenvalue weighted by molar-refractivity contribution is -0.174. The van der Waals surface area contributed by atoms with E-state index < -0.39 is 19.9 Å². The molecule has 0 aromatic heterocycles. The molecule has 0 N–H and O–H groups in total. The molecule has 5 nitrogen and oxygen atoms in total. The highest BCUT2D eigenvalue weighted by atomic mass is 28.4. The van der Waals surface area contributed by atoms with Gasteiger partial charge in [-0.1, -0.05) is 81.4 Å². The number of hydrogen-bond acceptors (Lipinski definition) is 5. The Balaban J connectivity index is 1.68. The Morgan fingerprint density at radius 1 is 0.818 bits per heavy atom. The van der Waals surface area contributed by atoms with Crippen LogP contribution in [0.5, 0.6) is 0 Å². The molecule has 2 saturated heterocycles. The summed E-state index contributed by atoms with van der Waals surface area (Å²) in [5.41, 5.74) is 0. The van der Waals surface area contributed by atoms with Gasteiger partial charge in [-0.15, -0.1) is 0 Å². The van der Waals surface area contributed by atoms with Crippen molar-refractivity contribution in [3.8, 4) is 0 Å². The first-order valence-corrected chi connectivity index (χ1v) is 13.8. The molecule has 2 aliphatic heterocycles. The molecule has 2 fully saturated rings. The van der Waals surface area contributed by atoms with Crippen LogP contribution in [-0.4, -0.2) is 51.4 Å². The van der Waals surface area contributed by atoms with Crippen molar-refractivity contribution in [2.75, 3.05) is 13.2 Å². The van der Waals surface area contributed by atoms with Gasteiger partial charge in [0.25, 0.3) is 8.32 Å². The van der Waals surface area contributed by atoms with Gasteiger partial charge < -0.3 is 23.4 Å².